The Morgan fingerprint density at radius 3 is 2.54 bits per heavy atom. The molecule has 0 aliphatic rings. The summed E-state index contributed by atoms with van der Waals surface area (Å²) in [7, 11) is 0. The Kier molecular flexibility index (Phi) is 2.74. The standard InChI is InChI=1S/C7H7NO4S/c1-5-4-6(13(11)12)2-3-7(5)8(9)10/h2-4H,1H3,(H,11,12). The first-order valence-corrected chi connectivity index (χ1v) is 4.49. The van der Waals surface area contributed by atoms with E-state index in [2.05, 4.69) is 0 Å². The Balaban J connectivity index is 3.20. The summed E-state index contributed by atoms with van der Waals surface area (Å²) in [6.45, 7) is 1.52. The Morgan fingerprint density at radius 2 is 2.15 bits per heavy atom. The van der Waals surface area contributed by atoms with Gasteiger partial charge >= 0.3 is 0 Å². The molecule has 0 radical (unpaired) electrons. The molecular weight excluding hydrogens is 194 g/mol. The van der Waals surface area contributed by atoms with Crippen LogP contribution in [0.2, 0.25) is 0 Å². The van der Waals surface area contributed by atoms with E-state index in [1.165, 1.54) is 25.1 Å². The number of rotatable bonds is 2. The lowest BCUT2D eigenvalue weighted by molar-refractivity contribution is -0.385. The molecule has 0 aliphatic carbocycles. The highest BCUT2D eigenvalue weighted by molar-refractivity contribution is 7.79. The molecule has 1 unspecified atom stereocenters. The molecule has 1 aromatic carbocycles. The van der Waals surface area contributed by atoms with Crippen molar-refractivity contribution in [2.45, 2.75) is 11.8 Å². The average molecular weight is 201 g/mol. The van der Waals surface area contributed by atoms with Gasteiger partial charge in [0.15, 0.2) is 11.1 Å². The summed E-state index contributed by atoms with van der Waals surface area (Å²) in [6, 6.07) is 3.81. The topological polar surface area (TPSA) is 80.4 Å². The van der Waals surface area contributed by atoms with Crippen molar-refractivity contribution >= 4 is 16.8 Å². The molecule has 1 atom stereocenters. The van der Waals surface area contributed by atoms with Crippen molar-refractivity contribution in [3.63, 3.8) is 0 Å². The Bertz CT molecular complexity index is 377. The van der Waals surface area contributed by atoms with Crippen LogP contribution in [0.25, 0.3) is 0 Å². The van der Waals surface area contributed by atoms with Crippen molar-refractivity contribution in [2.75, 3.05) is 0 Å². The van der Waals surface area contributed by atoms with Crippen LogP contribution in [0.1, 0.15) is 5.56 Å². The van der Waals surface area contributed by atoms with E-state index >= 15 is 0 Å². The highest BCUT2D eigenvalue weighted by Gasteiger charge is 2.11. The molecule has 13 heavy (non-hydrogen) atoms. The first-order valence-electron chi connectivity index (χ1n) is 3.38. The van der Waals surface area contributed by atoms with E-state index in [0.717, 1.165) is 0 Å². The minimum Gasteiger partial charge on any atom is -0.302 e. The average Bonchev–Trinajstić information content (AvgIpc) is 2.03. The largest absolute Gasteiger partial charge is 0.302 e. The number of hydrogen-bond acceptors (Lipinski definition) is 3. The second-order valence-electron chi connectivity index (χ2n) is 2.45. The van der Waals surface area contributed by atoms with Gasteiger partial charge in [0, 0.05) is 11.6 Å². The van der Waals surface area contributed by atoms with Crippen LogP contribution < -0.4 is 0 Å². The van der Waals surface area contributed by atoms with Gasteiger partial charge in [-0.05, 0) is 19.1 Å². The van der Waals surface area contributed by atoms with Gasteiger partial charge < -0.3 is 4.55 Å². The van der Waals surface area contributed by atoms with E-state index in [1.807, 2.05) is 0 Å². The summed E-state index contributed by atoms with van der Waals surface area (Å²) < 4.78 is 19.3. The number of nitro groups is 1. The summed E-state index contributed by atoms with van der Waals surface area (Å²) in [5, 5.41) is 10.4. The third-order valence-electron chi connectivity index (χ3n) is 1.57. The second-order valence-corrected chi connectivity index (χ2v) is 3.42. The number of aryl methyl sites for hydroxylation is 1. The Hall–Kier alpha value is -1.27. The molecule has 5 nitrogen and oxygen atoms in total. The molecular formula is C7H7NO4S. The van der Waals surface area contributed by atoms with Crippen LogP contribution in [0.4, 0.5) is 5.69 Å². The van der Waals surface area contributed by atoms with Gasteiger partial charge in [-0.3, -0.25) is 10.1 Å². The molecule has 1 N–H and O–H groups in total. The minimum absolute atomic E-state index is 0.0470. The number of nitro benzene ring substituents is 1. The van der Waals surface area contributed by atoms with E-state index in [1.54, 1.807) is 0 Å². The van der Waals surface area contributed by atoms with Crippen LogP contribution in [0.5, 0.6) is 0 Å². The van der Waals surface area contributed by atoms with Gasteiger partial charge in [0.2, 0.25) is 0 Å². The molecule has 70 valence electrons. The van der Waals surface area contributed by atoms with Crippen molar-refractivity contribution in [1.82, 2.24) is 0 Å². The van der Waals surface area contributed by atoms with Crippen molar-refractivity contribution < 1.29 is 13.7 Å². The van der Waals surface area contributed by atoms with Crippen molar-refractivity contribution in [2.24, 2.45) is 0 Å². The molecule has 1 rings (SSSR count). The summed E-state index contributed by atoms with van der Waals surface area (Å²) in [5.41, 5.74) is 0.333. The summed E-state index contributed by atoms with van der Waals surface area (Å²) >= 11 is -2.08. The quantitative estimate of drug-likeness (QED) is 0.446. The first kappa shape index (κ1) is 9.82. The van der Waals surface area contributed by atoms with Gasteiger partial charge in [-0.1, -0.05) is 0 Å². The van der Waals surface area contributed by atoms with Crippen LogP contribution >= 0.6 is 0 Å². The highest BCUT2D eigenvalue weighted by Crippen LogP contribution is 2.19. The fourth-order valence-corrected chi connectivity index (χ4v) is 1.40. The zero-order valence-corrected chi connectivity index (χ0v) is 7.58. The van der Waals surface area contributed by atoms with Crippen molar-refractivity contribution in [3.05, 3.63) is 33.9 Å². The lowest BCUT2D eigenvalue weighted by atomic mass is 10.2. The van der Waals surface area contributed by atoms with Crippen molar-refractivity contribution in [1.29, 1.82) is 0 Å². The van der Waals surface area contributed by atoms with E-state index in [-0.39, 0.29) is 10.6 Å². The molecule has 0 spiro atoms. The second kappa shape index (κ2) is 3.63. The van der Waals surface area contributed by atoms with Gasteiger partial charge in [0.1, 0.15) is 0 Å². The van der Waals surface area contributed by atoms with Crippen LogP contribution in [0, 0.1) is 17.0 Å². The predicted molar refractivity (Wildman–Crippen MR) is 46.9 cm³/mol. The molecule has 0 aromatic heterocycles. The zero-order chi connectivity index (χ0) is 10.0. The molecule has 0 saturated heterocycles. The predicted octanol–water partition coefficient (Wildman–Crippen LogP) is 1.48. The summed E-state index contributed by atoms with van der Waals surface area (Å²) in [6.07, 6.45) is 0. The fraction of sp³-hybridized carbons (Fsp3) is 0.143. The number of benzene rings is 1. The molecule has 6 heteroatoms. The lowest BCUT2D eigenvalue weighted by Crippen LogP contribution is -1.94. The highest BCUT2D eigenvalue weighted by atomic mass is 32.2. The molecule has 1 aromatic rings. The van der Waals surface area contributed by atoms with Gasteiger partial charge in [-0.15, -0.1) is 0 Å². The van der Waals surface area contributed by atoms with Crippen LogP contribution in [-0.4, -0.2) is 13.7 Å². The maximum absolute atomic E-state index is 10.6. The molecule has 0 amide bonds. The SMILES string of the molecule is Cc1cc(S(=O)O)ccc1[N+](=O)[O-]. The van der Waals surface area contributed by atoms with E-state index in [4.69, 9.17) is 4.55 Å². The Morgan fingerprint density at radius 1 is 1.54 bits per heavy atom. The monoisotopic (exact) mass is 201 g/mol. The van der Waals surface area contributed by atoms with E-state index in [9.17, 15) is 14.3 Å². The molecule has 0 fully saturated rings. The molecule has 0 heterocycles. The van der Waals surface area contributed by atoms with Gasteiger partial charge in [-0.25, -0.2) is 4.21 Å². The van der Waals surface area contributed by atoms with E-state index in [0.29, 0.717) is 5.56 Å². The number of hydrogen-bond donors (Lipinski definition) is 1. The Labute approximate surface area is 76.8 Å². The van der Waals surface area contributed by atoms with Crippen LogP contribution in [0.3, 0.4) is 0 Å². The lowest BCUT2D eigenvalue weighted by Gasteiger charge is -1.98. The molecule has 0 aliphatic heterocycles. The first-order chi connectivity index (χ1) is 6.02. The fourth-order valence-electron chi connectivity index (χ4n) is 0.941. The third-order valence-corrected chi connectivity index (χ3v) is 2.22. The van der Waals surface area contributed by atoms with Crippen LogP contribution in [-0.2, 0) is 11.1 Å². The van der Waals surface area contributed by atoms with Gasteiger partial charge in [0.05, 0.1) is 9.82 Å². The van der Waals surface area contributed by atoms with Crippen LogP contribution in [0.15, 0.2) is 23.1 Å². The summed E-state index contributed by atoms with van der Waals surface area (Å²) in [5.74, 6) is 0. The maximum atomic E-state index is 10.6. The van der Waals surface area contributed by atoms with Gasteiger partial charge in [0.25, 0.3) is 5.69 Å². The van der Waals surface area contributed by atoms with E-state index < -0.39 is 16.0 Å². The normalized spacial score (nSPS) is 12.5. The summed E-state index contributed by atoms with van der Waals surface area (Å²) in [4.78, 5) is 10.0. The van der Waals surface area contributed by atoms with Gasteiger partial charge in [-0.2, -0.15) is 0 Å². The molecule has 0 bridgehead atoms. The minimum atomic E-state index is -2.08. The number of nitrogens with zero attached hydrogens (tertiary/aromatic N) is 1. The van der Waals surface area contributed by atoms with Crippen molar-refractivity contribution in [3.8, 4) is 0 Å². The molecule has 0 saturated carbocycles. The maximum Gasteiger partial charge on any atom is 0.272 e. The zero-order valence-electron chi connectivity index (χ0n) is 6.76. The smallest absolute Gasteiger partial charge is 0.272 e. The third kappa shape index (κ3) is 2.10.